The van der Waals surface area contributed by atoms with E-state index in [9.17, 15) is 4.39 Å². The standard InChI is InChI=1S/C14H21FO2/c1-4-5-9-14(11(2)16-3)17-13-8-6-7-12(15)10-13/h6-8,10-11,14H,4-5,9H2,1-3H3/t11?,14-/m1/s1. The molecule has 0 aliphatic heterocycles. The number of benzene rings is 1. The summed E-state index contributed by atoms with van der Waals surface area (Å²) in [5.74, 6) is 0.289. The van der Waals surface area contributed by atoms with Gasteiger partial charge in [-0.2, -0.15) is 0 Å². The van der Waals surface area contributed by atoms with Gasteiger partial charge in [-0.15, -0.1) is 0 Å². The molecule has 0 fully saturated rings. The summed E-state index contributed by atoms with van der Waals surface area (Å²) < 4.78 is 24.1. The summed E-state index contributed by atoms with van der Waals surface area (Å²) in [6.45, 7) is 4.11. The topological polar surface area (TPSA) is 18.5 Å². The van der Waals surface area contributed by atoms with Crippen LogP contribution >= 0.6 is 0 Å². The molecule has 0 aliphatic rings. The Kier molecular flexibility index (Phi) is 5.98. The van der Waals surface area contributed by atoms with Crippen LogP contribution in [0.25, 0.3) is 0 Å². The van der Waals surface area contributed by atoms with Gasteiger partial charge in [0.2, 0.25) is 0 Å². The third kappa shape index (κ3) is 4.73. The van der Waals surface area contributed by atoms with Crippen LogP contribution in [0.4, 0.5) is 4.39 Å². The van der Waals surface area contributed by atoms with E-state index >= 15 is 0 Å². The highest BCUT2D eigenvalue weighted by Crippen LogP contribution is 2.19. The molecule has 96 valence electrons. The molecule has 0 spiro atoms. The quantitative estimate of drug-likeness (QED) is 0.721. The van der Waals surface area contributed by atoms with E-state index in [0.717, 1.165) is 19.3 Å². The number of methoxy groups -OCH3 is 1. The Bertz CT molecular complexity index is 328. The molecule has 0 aromatic heterocycles. The van der Waals surface area contributed by atoms with Crippen LogP contribution in [0.1, 0.15) is 33.1 Å². The second-order valence-electron chi connectivity index (χ2n) is 4.20. The molecule has 1 unspecified atom stereocenters. The predicted octanol–water partition coefficient (Wildman–Crippen LogP) is 3.80. The number of ether oxygens (including phenoxy) is 2. The molecule has 0 saturated heterocycles. The maximum atomic E-state index is 13.0. The number of hydrogen-bond donors (Lipinski definition) is 0. The summed E-state index contributed by atoms with van der Waals surface area (Å²) >= 11 is 0. The van der Waals surface area contributed by atoms with Crippen LogP contribution < -0.4 is 4.74 Å². The van der Waals surface area contributed by atoms with E-state index in [-0.39, 0.29) is 18.0 Å². The van der Waals surface area contributed by atoms with Crippen LogP contribution in [0, 0.1) is 5.82 Å². The predicted molar refractivity (Wildman–Crippen MR) is 66.8 cm³/mol. The lowest BCUT2D eigenvalue weighted by Crippen LogP contribution is -2.31. The van der Waals surface area contributed by atoms with Gasteiger partial charge in [0, 0.05) is 13.2 Å². The summed E-state index contributed by atoms with van der Waals surface area (Å²) in [6.07, 6.45) is 3.08. The normalized spacial score (nSPS) is 14.4. The molecule has 0 N–H and O–H groups in total. The number of halogens is 1. The average Bonchev–Trinajstić information content (AvgIpc) is 2.33. The molecule has 1 rings (SSSR count). The Morgan fingerprint density at radius 3 is 2.71 bits per heavy atom. The molecular formula is C14H21FO2. The third-order valence-corrected chi connectivity index (χ3v) is 2.82. The molecule has 0 bridgehead atoms. The van der Waals surface area contributed by atoms with Crippen molar-refractivity contribution in [3.05, 3.63) is 30.1 Å². The van der Waals surface area contributed by atoms with Crippen molar-refractivity contribution < 1.29 is 13.9 Å². The minimum Gasteiger partial charge on any atom is -0.488 e. The van der Waals surface area contributed by atoms with E-state index in [4.69, 9.17) is 9.47 Å². The highest BCUT2D eigenvalue weighted by molar-refractivity contribution is 5.22. The summed E-state index contributed by atoms with van der Waals surface area (Å²) in [5.41, 5.74) is 0. The Morgan fingerprint density at radius 1 is 1.35 bits per heavy atom. The SMILES string of the molecule is CCCC[C@@H](Oc1cccc(F)c1)C(C)OC. The number of hydrogen-bond acceptors (Lipinski definition) is 2. The summed E-state index contributed by atoms with van der Waals surface area (Å²) in [5, 5.41) is 0. The van der Waals surface area contributed by atoms with Gasteiger partial charge in [0.25, 0.3) is 0 Å². The van der Waals surface area contributed by atoms with E-state index in [1.807, 2.05) is 6.92 Å². The zero-order valence-electron chi connectivity index (χ0n) is 10.8. The first-order valence-corrected chi connectivity index (χ1v) is 6.12. The van der Waals surface area contributed by atoms with Crippen molar-refractivity contribution in [1.82, 2.24) is 0 Å². The lowest BCUT2D eigenvalue weighted by atomic mass is 10.1. The van der Waals surface area contributed by atoms with Crippen LogP contribution in [0.3, 0.4) is 0 Å². The van der Waals surface area contributed by atoms with E-state index in [1.54, 1.807) is 19.2 Å². The van der Waals surface area contributed by atoms with Crippen molar-refractivity contribution in [2.45, 2.75) is 45.3 Å². The first-order valence-electron chi connectivity index (χ1n) is 6.12. The molecular weight excluding hydrogens is 219 g/mol. The Hall–Kier alpha value is -1.09. The Balaban J connectivity index is 2.64. The number of unbranched alkanes of at least 4 members (excludes halogenated alkanes) is 1. The molecule has 1 aromatic rings. The van der Waals surface area contributed by atoms with Crippen molar-refractivity contribution in [1.29, 1.82) is 0 Å². The fraction of sp³-hybridized carbons (Fsp3) is 0.571. The first kappa shape index (κ1) is 14.0. The lowest BCUT2D eigenvalue weighted by Gasteiger charge is -2.24. The fourth-order valence-corrected chi connectivity index (χ4v) is 1.66. The smallest absolute Gasteiger partial charge is 0.126 e. The van der Waals surface area contributed by atoms with Gasteiger partial charge in [0.05, 0.1) is 6.10 Å². The van der Waals surface area contributed by atoms with Crippen molar-refractivity contribution in [2.75, 3.05) is 7.11 Å². The molecule has 2 atom stereocenters. The second kappa shape index (κ2) is 7.28. The third-order valence-electron chi connectivity index (χ3n) is 2.82. The van der Waals surface area contributed by atoms with Crippen LogP contribution in [-0.2, 0) is 4.74 Å². The van der Waals surface area contributed by atoms with Gasteiger partial charge in [0.15, 0.2) is 0 Å². The summed E-state index contributed by atoms with van der Waals surface area (Å²) in [6, 6.07) is 6.23. The van der Waals surface area contributed by atoms with E-state index in [2.05, 4.69) is 6.92 Å². The Labute approximate surface area is 103 Å². The van der Waals surface area contributed by atoms with Gasteiger partial charge in [-0.3, -0.25) is 0 Å². The summed E-state index contributed by atoms with van der Waals surface area (Å²) in [7, 11) is 1.67. The second-order valence-corrected chi connectivity index (χ2v) is 4.20. The van der Waals surface area contributed by atoms with Gasteiger partial charge in [-0.05, 0) is 31.9 Å². The molecule has 1 aromatic carbocycles. The minimum atomic E-state index is -0.276. The van der Waals surface area contributed by atoms with Gasteiger partial charge in [-0.25, -0.2) is 4.39 Å². The van der Waals surface area contributed by atoms with Crippen LogP contribution in [-0.4, -0.2) is 19.3 Å². The van der Waals surface area contributed by atoms with Crippen molar-refractivity contribution in [3.63, 3.8) is 0 Å². The lowest BCUT2D eigenvalue weighted by molar-refractivity contribution is 0.00876. The highest BCUT2D eigenvalue weighted by Gasteiger charge is 2.18. The fourth-order valence-electron chi connectivity index (χ4n) is 1.66. The molecule has 0 heterocycles. The van der Waals surface area contributed by atoms with Crippen LogP contribution in [0.5, 0.6) is 5.75 Å². The molecule has 17 heavy (non-hydrogen) atoms. The first-order chi connectivity index (χ1) is 8.17. The maximum Gasteiger partial charge on any atom is 0.126 e. The zero-order valence-corrected chi connectivity index (χ0v) is 10.8. The maximum absolute atomic E-state index is 13.0. The molecule has 0 aliphatic carbocycles. The van der Waals surface area contributed by atoms with E-state index in [1.165, 1.54) is 12.1 Å². The van der Waals surface area contributed by atoms with Gasteiger partial charge in [-0.1, -0.05) is 19.4 Å². The van der Waals surface area contributed by atoms with Crippen molar-refractivity contribution in [2.24, 2.45) is 0 Å². The molecule has 2 nitrogen and oxygen atoms in total. The minimum absolute atomic E-state index is 0.00446. The number of rotatable bonds is 7. The van der Waals surface area contributed by atoms with E-state index in [0.29, 0.717) is 5.75 Å². The monoisotopic (exact) mass is 240 g/mol. The largest absolute Gasteiger partial charge is 0.488 e. The zero-order chi connectivity index (χ0) is 12.7. The Morgan fingerprint density at radius 2 is 2.12 bits per heavy atom. The molecule has 0 amide bonds. The molecule has 0 saturated carbocycles. The van der Waals surface area contributed by atoms with Gasteiger partial charge in [0.1, 0.15) is 17.7 Å². The van der Waals surface area contributed by atoms with E-state index < -0.39 is 0 Å². The molecule has 0 radical (unpaired) electrons. The van der Waals surface area contributed by atoms with Gasteiger partial charge >= 0.3 is 0 Å². The van der Waals surface area contributed by atoms with Crippen LogP contribution in [0.15, 0.2) is 24.3 Å². The van der Waals surface area contributed by atoms with Crippen molar-refractivity contribution in [3.8, 4) is 5.75 Å². The van der Waals surface area contributed by atoms with Gasteiger partial charge < -0.3 is 9.47 Å². The van der Waals surface area contributed by atoms with Crippen LogP contribution in [0.2, 0.25) is 0 Å². The molecule has 3 heteroatoms. The highest BCUT2D eigenvalue weighted by atomic mass is 19.1. The average molecular weight is 240 g/mol. The summed E-state index contributed by atoms with van der Waals surface area (Å²) in [4.78, 5) is 0. The van der Waals surface area contributed by atoms with Crippen molar-refractivity contribution >= 4 is 0 Å².